The topological polar surface area (TPSA) is 6.48 Å². The van der Waals surface area contributed by atoms with Crippen LogP contribution >= 0.6 is 24.4 Å². The molecule has 0 bridgehead atoms. The van der Waals surface area contributed by atoms with Crippen molar-refractivity contribution in [2.75, 3.05) is 9.80 Å². The number of rotatable bonds is 4. The van der Waals surface area contributed by atoms with Gasteiger partial charge in [0.05, 0.1) is 0 Å². The fourth-order valence-electron chi connectivity index (χ4n) is 3.50. The summed E-state index contributed by atoms with van der Waals surface area (Å²) >= 11 is 20.7. The normalized spacial score (nSPS) is 9.84. The maximum absolute atomic E-state index is 5.19. The van der Waals surface area contributed by atoms with E-state index in [1.165, 1.54) is 22.3 Å². The average Bonchev–Trinajstić information content (AvgIpc) is 2.84. The number of anilines is 4. The van der Waals surface area contributed by atoms with Crippen LogP contribution in [0.5, 0.6) is 0 Å². The summed E-state index contributed by atoms with van der Waals surface area (Å²) in [4.78, 5) is 3.81. The van der Waals surface area contributed by atoms with Crippen molar-refractivity contribution in [2.45, 2.75) is 27.7 Å². The fraction of sp³-hybridized carbons (Fsp3) is 0.133. The Kier molecular flexibility index (Phi) is 12.9. The van der Waals surface area contributed by atoms with Crippen LogP contribution in [0.3, 0.4) is 0 Å². The summed E-state index contributed by atoms with van der Waals surface area (Å²) in [5.41, 5.74) is 8.90. The first kappa shape index (κ1) is 31.6. The molecule has 0 radical (unpaired) electrons. The molecule has 0 fully saturated rings. The zero-order valence-electron chi connectivity index (χ0n) is 21.5. The van der Waals surface area contributed by atoms with Crippen LogP contribution in [-0.2, 0) is 25.3 Å². The van der Waals surface area contributed by atoms with Gasteiger partial charge in [-0.05, 0) is 76.2 Å². The quantitative estimate of drug-likeness (QED) is 0.135. The van der Waals surface area contributed by atoms with Crippen LogP contribution in [0.2, 0.25) is 0 Å². The van der Waals surface area contributed by atoms with Gasteiger partial charge in [0.2, 0.25) is 0 Å². The van der Waals surface area contributed by atoms with Crippen LogP contribution in [0.25, 0.3) is 0 Å². The van der Waals surface area contributed by atoms with Gasteiger partial charge in [0.25, 0.3) is 0 Å². The van der Waals surface area contributed by atoms with E-state index in [2.05, 4.69) is 76.2 Å². The molecule has 4 rings (SSSR count). The van der Waals surface area contributed by atoms with E-state index in [-0.39, 0.29) is 37.7 Å². The van der Waals surface area contributed by atoms with Gasteiger partial charge in [-0.2, -0.15) is 0 Å². The van der Waals surface area contributed by atoms with E-state index in [0.29, 0.717) is 8.64 Å². The minimum absolute atomic E-state index is 0. The third-order valence-electron chi connectivity index (χ3n) is 5.53. The predicted octanol–water partition coefficient (Wildman–Crippen LogP) is 8.17. The molecule has 0 saturated heterocycles. The Morgan fingerprint density at radius 1 is 0.432 bits per heavy atom. The van der Waals surface area contributed by atoms with E-state index in [1.54, 1.807) is 0 Å². The predicted molar refractivity (Wildman–Crippen MR) is 175 cm³/mol. The molecule has 2 nitrogen and oxygen atoms in total. The maximum atomic E-state index is 5.19. The van der Waals surface area contributed by atoms with Gasteiger partial charge >= 0.3 is 37.7 Å². The Labute approximate surface area is 272 Å². The van der Waals surface area contributed by atoms with E-state index in [1.807, 2.05) is 58.3 Å². The second kappa shape index (κ2) is 15.1. The molecule has 0 saturated carbocycles. The molecule has 0 aromatic heterocycles. The van der Waals surface area contributed by atoms with Crippen LogP contribution in [0, 0.1) is 27.7 Å². The van der Waals surface area contributed by atoms with Crippen LogP contribution in [0.1, 0.15) is 22.3 Å². The molecular formula is C30H28CaN2S4. The van der Waals surface area contributed by atoms with Crippen LogP contribution < -0.4 is 9.80 Å². The molecule has 0 aliphatic carbocycles. The Morgan fingerprint density at radius 2 is 0.595 bits per heavy atom. The standard InChI is InChI=1S/2C15H15NS2.Ca/c2*1-11-3-7-13(8-4-11)16(15(17)18)14-9-5-12(2)6-10-14;/h2*3-10H,1-2H3,(H,17,18);/q;;+2/p-2. The number of hydrogen-bond acceptors (Lipinski definition) is 4. The molecule has 0 heterocycles. The molecule has 0 N–H and O–H groups in total. The molecular weight excluding hydrogens is 557 g/mol. The van der Waals surface area contributed by atoms with Crippen LogP contribution in [0.15, 0.2) is 97.1 Å². The minimum atomic E-state index is 0. The Hall–Kier alpha value is -1.64. The van der Waals surface area contributed by atoms with Gasteiger partial charge in [-0.1, -0.05) is 79.4 Å². The molecule has 184 valence electrons. The SMILES string of the molecule is Cc1ccc(N(C(=S)[S-])c2ccc(C)cc2)cc1.Cc1ccc(N(C(=S)[S-])c2ccc(C)cc2)cc1.[Ca+2]. The third-order valence-corrected chi connectivity index (χ3v) is 6.26. The number of aryl methyl sites for hydroxylation is 4. The molecule has 0 amide bonds. The zero-order valence-corrected chi connectivity index (χ0v) is 26.9. The maximum Gasteiger partial charge on any atom is 2.00 e. The third kappa shape index (κ3) is 9.25. The van der Waals surface area contributed by atoms with Crippen LogP contribution in [-0.4, -0.2) is 46.4 Å². The number of benzene rings is 4. The largest absolute Gasteiger partial charge is 2.00 e. The zero-order chi connectivity index (χ0) is 26.2. The van der Waals surface area contributed by atoms with E-state index in [9.17, 15) is 0 Å². The fourth-order valence-corrected chi connectivity index (χ4v) is 4.34. The molecule has 7 heteroatoms. The van der Waals surface area contributed by atoms with Crippen molar-refractivity contribution in [1.29, 1.82) is 0 Å². The molecule has 0 aliphatic rings. The van der Waals surface area contributed by atoms with E-state index >= 15 is 0 Å². The van der Waals surface area contributed by atoms with E-state index in [0.717, 1.165) is 22.7 Å². The Morgan fingerprint density at radius 3 is 0.730 bits per heavy atom. The van der Waals surface area contributed by atoms with Crippen molar-refractivity contribution < 1.29 is 0 Å². The molecule has 0 aliphatic heterocycles. The summed E-state index contributed by atoms with van der Waals surface area (Å²) in [7, 11) is 0. The minimum Gasteiger partial charge on any atom is -0.411 e. The number of hydrogen-bond donors (Lipinski definition) is 0. The molecule has 37 heavy (non-hydrogen) atoms. The van der Waals surface area contributed by atoms with Crippen molar-refractivity contribution in [3.63, 3.8) is 0 Å². The average molecular weight is 585 g/mol. The Balaban J connectivity index is 0.000000253. The van der Waals surface area contributed by atoms with Gasteiger partial charge in [0.1, 0.15) is 0 Å². The van der Waals surface area contributed by atoms with Gasteiger partial charge in [-0.25, -0.2) is 0 Å². The van der Waals surface area contributed by atoms with Crippen molar-refractivity contribution in [3.8, 4) is 0 Å². The smallest absolute Gasteiger partial charge is 0.411 e. The van der Waals surface area contributed by atoms with Crippen molar-refractivity contribution in [2.24, 2.45) is 0 Å². The van der Waals surface area contributed by atoms with Gasteiger partial charge in [-0.3, -0.25) is 0 Å². The van der Waals surface area contributed by atoms with Crippen LogP contribution in [0.4, 0.5) is 22.7 Å². The van der Waals surface area contributed by atoms with E-state index in [4.69, 9.17) is 49.7 Å². The Bertz CT molecular complexity index is 1110. The first-order valence-electron chi connectivity index (χ1n) is 11.4. The van der Waals surface area contributed by atoms with Crippen molar-refractivity contribution in [1.82, 2.24) is 0 Å². The summed E-state index contributed by atoms with van der Waals surface area (Å²) < 4.78 is 0.866. The summed E-state index contributed by atoms with van der Waals surface area (Å²) in [6.07, 6.45) is 0. The summed E-state index contributed by atoms with van der Waals surface area (Å²) in [5.74, 6) is 0. The first-order valence-corrected chi connectivity index (χ1v) is 13.1. The second-order valence-corrected chi connectivity index (χ2v) is 10.6. The summed E-state index contributed by atoms with van der Waals surface area (Å²) in [6.45, 7) is 8.25. The van der Waals surface area contributed by atoms with Gasteiger partial charge in [0.15, 0.2) is 0 Å². The molecule has 0 unspecified atom stereocenters. The number of nitrogens with zero attached hydrogens (tertiary/aromatic N) is 2. The summed E-state index contributed by atoms with van der Waals surface area (Å²) in [5, 5.41) is 0. The summed E-state index contributed by atoms with van der Waals surface area (Å²) in [6, 6.07) is 32.8. The molecule has 4 aromatic rings. The van der Waals surface area contributed by atoms with Gasteiger partial charge in [0, 0.05) is 22.7 Å². The second-order valence-electron chi connectivity index (χ2n) is 8.54. The number of thiocarbonyl (C=S) groups is 2. The van der Waals surface area contributed by atoms with Crippen molar-refractivity contribution in [3.05, 3.63) is 119 Å². The van der Waals surface area contributed by atoms with Gasteiger partial charge < -0.3 is 59.5 Å². The van der Waals surface area contributed by atoms with Gasteiger partial charge in [-0.15, -0.1) is 0 Å². The molecule has 0 atom stereocenters. The molecule has 0 spiro atoms. The van der Waals surface area contributed by atoms with E-state index < -0.39 is 0 Å². The monoisotopic (exact) mass is 584 g/mol. The first-order chi connectivity index (χ1) is 17.2. The van der Waals surface area contributed by atoms with Crippen molar-refractivity contribution >= 4 is 119 Å². The molecule has 4 aromatic carbocycles.